The first-order valence-electron chi connectivity index (χ1n) is 6.11. The molecule has 17 heavy (non-hydrogen) atoms. The summed E-state index contributed by atoms with van der Waals surface area (Å²) in [6.45, 7) is 7.99. The van der Waals surface area contributed by atoms with E-state index in [0.717, 1.165) is 31.6 Å². The van der Waals surface area contributed by atoms with E-state index in [4.69, 9.17) is 5.73 Å². The zero-order chi connectivity index (χ0) is 12.7. The molecule has 0 spiro atoms. The van der Waals surface area contributed by atoms with Crippen LogP contribution >= 0.6 is 11.3 Å². The summed E-state index contributed by atoms with van der Waals surface area (Å²) >= 11 is 1.73. The second kappa shape index (κ2) is 7.27. The van der Waals surface area contributed by atoms with Crippen molar-refractivity contribution in [2.75, 3.05) is 13.1 Å². The van der Waals surface area contributed by atoms with Crippen molar-refractivity contribution in [2.45, 2.75) is 39.5 Å². The van der Waals surface area contributed by atoms with E-state index >= 15 is 0 Å². The third kappa shape index (κ3) is 5.17. The summed E-state index contributed by atoms with van der Waals surface area (Å²) in [7, 11) is 0. The highest BCUT2D eigenvalue weighted by Crippen LogP contribution is 2.19. The molecule has 1 aromatic heterocycles. The molecular weight excluding hydrogens is 232 g/mol. The molecule has 96 valence electrons. The van der Waals surface area contributed by atoms with Crippen LogP contribution in [0.3, 0.4) is 0 Å². The van der Waals surface area contributed by atoms with Gasteiger partial charge in [0.1, 0.15) is 0 Å². The number of rotatable bonds is 6. The number of thiazole rings is 1. The SMILES string of the molecule is CCCN=C(N)NCCc1csc(C(C)C)n1. The molecule has 4 nitrogen and oxygen atoms in total. The largest absolute Gasteiger partial charge is 0.370 e. The van der Waals surface area contributed by atoms with Crippen molar-refractivity contribution in [3.05, 3.63) is 16.1 Å². The van der Waals surface area contributed by atoms with Crippen molar-refractivity contribution in [3.8, 4) is 0 Å². The lowest BCUT2D eigenvalue weighted by molar-refractivity contribution is 0.802. The van der Waals surface area contributed by atoms with Crippen LogP contribution in [0.5, 0.6) is 0 Å². The summed E-state index contributed by atoms with van der Waals surface area (Å²) in [6.07, 6.45) is 1.91. The van der Waals surface area contributed by atoms with Crippen molar-refractivity contribution in [1.29, 1.82) is 0 Å². The molecule has 1 heterocycles. The monoisotopic (exact) mass is 254 g/mol. The summed E-state index contributed by atoms with van der Waals surface area (Å²) in [5.41, 5.74) is 6.83. The molecular formula is C12H22N4S. The fourth-order valence-electron chi connectivity index (χ4n) is 1.31. The van der Waals surface area contributed by atoms with Crippen molar-refractivity contribution < 1.29 is 0 Å². The molecule has 0 unspecified atom stereocenters. The lowest BCUT2D eigenvalue weighted by Gasteiger charge is -2.03. The third-order valence-electron chi connectivity index (χ3n) is 2.26. The van der Waals surface area contributed by atoms with Crippen LogP contribution in [0, 0.1) is 0 Å². The lowest BCUT2D eigenvalue weighted by Crippen LogP contribution is -2.33. The lowest BCUT2D eigenvalue weighted by atomic mass is 10.2. The maximum Gasteiger partial charge on any atom is 0.188 e. The number of hydrogen-bond donors (Lipinski definition) is 2. The average Bonchev–Trinajstić information content (AvgIpc) is 2.75. The summed E-state index contributed by atoms with van der Waals surface area (Å²) in [4.78, 5) is 8.74. The number of hydrogen-bond acceptors (Lipinski definition) is 3. The molecule has 0 radical (unpaired) electrons. The standard InChI is InChI=1S/C12H22N4S/c1-4-6-14-12(13)15-7-5-10-8-17-11(16-10)9(2)3/h8-9H,4-7H2,1-3H3,(H3,13,14,15). The predicted octanol–water partition coefficient (Wildman–Crippen LogP) is 2.12. The molecule has 0 atom stereocenters. The fourth-order valence-corrected chi connectivity index (χ4v) is 2.18. The van der Waals surface area contributed by atoms with Gasteiger partial charge in [-0.05, 0) is 6.42 Å². The first kappa shape index (κ1) is 14.0. The third-order valence-corrected chi connectivity index (χ3v) is 3.45. The van der Waals surface area contributed by atoms with E-state index in [1.807, 2.05) is 0 Å². The summed E-state index contributed by atoms with van der Waals surface area (Å²) in [6, 6.07) is 0. The molecule has 0 aliphatic heterocycles. The number of nitrogens with zero attached hydrogens (tertiary/aromatic N) is 2. The zero-order valence-electron chi connectivity index (χ0n) is 10.9. The summed E-state index contributed by atoms with van der Waals surface area (Å²) in [5.74, 6) is 1.05. The molecule has 1 aromatic rings. The topological polar surface area (TPSA) is 63.3 Å². The van der Waals surface area contributed by atoms with Crippen LogP contribution in [0.2, 0.25) is 0 Å². The van der Waals surface area contributed by atoms with E-state index in [9.17, 15) is 0 Å². The van der Waals surface area contributed by atoms with Gasteiger partial charge >= 0.3 is 0 Å². The smallest absolute Gasteiger partial charge is 0.188 e. The maximum absolute atomic E-state index is 5.70. The van der Waals surface area contributed by atoms with Crippen LogP contribution in [-0.2, 0) is 6.42 Å². The Hall–Kier alpha value is -1.10. The number of nitrogens with one attached hydrogen (secondary N) is 1. The molecule has 0 bridgehead atoms. The van der Waals surface area contributed by atoms with Gasteiger partial charge in [0, 0.05) is 30.8 Å². The highest BCUT2D eigenvalue weighted by atomic mass is 32.1. The van der Waals surface area contributed by atoms with E-state index < -0.39 is 0 Å². The number of aliphatic imine (C=N–C) groups is 1. The van der Waals surface area contributed by atoms with Gasteiger partial charge in [0.2, 0.25) is 0 Å². The Morgan fingerprint density at radius 2 is 2.35 bits per heavy atom. The van der Waals surface area contributed by atoms with Crippen LogP contribution < -0.4 is 11.1 Å². The summed E-state index contributed by atoms with van der Waals surface area (Å²) in [5, 5.41) is 6.42. The first-order chi connectivity index (χ1) is 8.13. The van der Waals surface area contributed by atoms with Gasteiger partial charge in [-0.3, -0.25) is 4.99 Å². The molecule has 0 saturated carbocycles. The number of aromatic nitrogens is 1. The van der Waals surface area contributed by atoms with E-state index in [1.54, 1.807) is 11.3 Å². The molecule has 0 saturated heterocycles. The molecule has 1 rings (SSSR count). The predicted molar refractivity (Wildman–Crippen MR) is 74.7 cm³/mol. The zero-order valence-corrected chi connectivity index (χ0v) is 11.7. The molecule has 3 N–H and O–H groups in total. The minimum Gasteiger partial charge on any atom is -0.370 e. The molecule has 0 aliphatic carbocycles. The first-order valence-corrected chi connectivity index (χ1v) is 6.99. The Morgan fingerprint density at radius 3 is 2.94 bits per heavy atom. The van der Waals surface area contributed by atoms with Crippen LogP contribution in [0.15, 0.2) is 10.4 Å². The van der Waals surface area contributed by atoms with Crippen LogP contribution in [0.1, 0.15) is 43.8 Å². The number of nitrogens with two attached hydrogens (primary N) is 1. The Labute approximate surface area is 107 Å². The van der Waals surface area contributed by atoms with Crippen molar-refractivity contribution in [1.82, 2.24) is 10.3 Å². The quantitative estimate of drug-likeness (QED) is 0.604. The van der Waals surface area contributed by atoms with Gasteiger partial charge in [0.05, 0.1) is 10.7 Å². The highest BCUT2D eigenvalue weighted by Gasteiger charge is 2.05. The molecule has 5 heteroatoms. The molecule has 0 fully saturated rings. The minimum absolute atomic E-state index is 0.512. The maximum atomic E-state index is 5.70. The molecule has 0 aliphatic rings. The van der Waals surface area contributed by atoms with E-state index in [0.29, 0.717) is 11.9 Å². The van der Waals surface area contributed by atoms with Crippen molar-refractivity contribution in [3.63, 3.8) is 0 Å². The highest BCUT2D eigenvalue weighted by molar-refractivity contribution is 7.09. The Balaban J connectivity index is 2.30. The second-order valence-electron chi connectivity index (χ2n) is 4.28. The van der Waals surface area contributed by atoms with E-state index in [1.165, 1.54) is 5.01 Å². The van der Waals surface area contributed by atoms with Gasteiger partial charge in [-0.2, -0.15) is 0 Å². The normalized spacial score (nSPS) is 12.1. The Kier molecular flexibility index (Phi) is 5.97. The van der Waals surface area contributed by atoms with Gasteiger partial charge in [0.15, 0.2) is 5.96 Å². The van der Waals surface area contributed by atoms with Gasteiger partial charge in [-0.1, -0.05) is 20.8 Å². The summed E-state index contributed by atoms with van der Waals surface area (Å²) < 4.78 is 0. The minimum atomic E-state index is 0.512. The van der Waals surface area contributed by atoms with Gasteiger partial charge in [-0.25, -0.2) is 4.98 Å². The van der Waals surface area contributed by atoms with Gasteiger partial charge in [0.25, 0.3) is 0 Å². The average molecular weight is 254 g/mol. The Morgan fingerprint density at radius 1 is 1.59 bits per heavy atom. The molecule has 0 amide bonds. The second-order valence-corrected chi connectivity index (χ2v) is 5.17. The van der Waals surface area contributed by atoms with Crippen molar-refractivity contribution in [2.24, 2.45) is 10.7 Å². The molecule has 0 aromatic carbocycles. The van der Waals surface area contributed by atoms with E-state index in [2.05, 4.69) is 41.4 Å². The van der Waals surface area contributed by atoms with Gasteiger partial charge < -0.3 is 11.1 Å². The van der Waals surface area contributed by atoms with Crippen molar-refractivity contribution >= 4 is 17.3 Å². The van der Waals surface area contributed by atoms with E-state index in [-0.39, 0.29) is 0 Å². The van der Waals surface area contributed by atoms with Crippen LogP contribution in [0.25, 0.3) is 0 Å². The van der Waals surface area contributed by atoms with Crippen LogP contribution in [-0.4, -0.2) is 24.0 Å². The Bertz CT molecular complexity index is 357. The number of guanidine groups is 1. The van der Waals surface area contributed by atoms with Gasteiger partial charge in [-0.15, -0.1) is 11.3 Å². The van der Waals surface area contributed by atoms with Crippen LogP contribution in [0.4, 0.5) is 0 Å². The fraction of sp³-hybridized carbons (Fsp3) is 0.667.